The minimum atomic E-state index is 0.160. The fourth-order valence-electron chi connectivity index (χ4n) is 1.92. The third-order valence-electron chi connectivity index (χ3n) is 3.01. The van der Waals surface area contributed by atoms with Gasteiger partial charge in [0.1, 0.15) is 0 Å². The summed E-state index contributed by atoms with van der Waals surface area (Å²) in [5, 5.41) is 9.43. The van der Waals surface area contributed by atoms with Crippen molar-refractivity contribution in [2.45, 2.75) is 26.8 Å². The number of hydrogen-bond acceptors (Lipinski definition) is 2. The smallest absolute Gasteiger partial charge is 0.0637 e. The number of aliphatic hydroxyl groups is 1. The van der Waals surface area contributed by atoms with Crippen molar-refractivity contribution in [2.24, 2.45) is 5.92 Å². The second kappa shape index (κ2) is 5.69. The summed E-state index contributed by atoms with van der Waals surface area (Å²) in [5.41, 5.74) is 2.40. The van der Waals surface area contributed by atoms with E-state index in [2.05, 4.69) is 53.7 Å². The maximum atomic E-state index is 9.43. The molecule has 2 nitrogen and oxygen atoms in total. The van der Waals surface area contributed by atoms with Crippen molar-refractivity contribution in [2.75, 3.05) is 18.6 Å². The lowest BCUT2D eigenvalue weighted by Crippen LogP contribution is -2.39. The number of halogens is 1. The molecule has 0 saturated carbocycles. The standard InChI is InChI=1S/C13H20BrNO/c1-9(2)13(8-16)15(4)12-7-11(14)6-5-10(12)3/h5-7,9,13,16H,8H2,1-4H3. The van der Waals surface area contributed by atoms with Gasteiger partial charge in [-0.2, -0.15) is 0 Å². The highest BCUT2D eigenvalue weighted by Crippen LogP contribution is 2.26. The molecule has 0 fully saturated rings. The number of hydrogen-bond donors (Lipinski definition) is 1. The highest BCUT2D eigenvalue weighted by Gasteiger charge is 2.19. The first-order chi connectivity index (χ1) is 7.47. The quantitative estimate of drug-likeness (QED) is 0.918. The second-order valence-corrected chi connectivity index (χ2v) is 5.45. The van der Waals surface area contributed by atoms with Gasteiger partial charge in [0.15, 0.2) is 0 Å². The third-order valence-corrected chi connectivity index (χ3v) is 3.50. The Morgan fingerprint density at radius 1 is 1.38 bits per heavy atom. The molecule has 0 saturated heterocycles. The van der Waals surface area contributed by atoms with Crippen LogP contribution in [-0.4, -0.2) is 24.8 Å². The van der Waals surface area contributed by atoms with Crippen LogP contribution in [0.1, 0.15) is 19.4 Å². The summed E-state index contributed by atoms with van der Waals surface area (Å²) in [6, 6.07) is 6.38. The van der Waals surface area contributed by atoms with Gasteiger partial charge in [0.05, 0.1) is 12.6 Å². The van der Waals surface area contributed by atoms with Gasteiger partial charge in [-0.25, -0.2) is 0 Å². The summed E-state index contributed by atoms with van der Waals surface area (Å²) in [7, 11) is 2.04. The molecule has 0 amide bonds. The lowest BCUT2D eigenvalue weighted by Gasteiger charge is -2.32. The number of rotatable bonds is 4. The van der Waals surface area contributed by atoms with Gasteiger partial charge in [-0.1, -0.05) is 35.8 Å². The van der Waals surface area contributed by atoms with Gasteiger partial charge >= 0.3 is 0 Å². The number of nitrogens with zero attached hydrogens (tertiary/aromatic N) is 1. The number of aliphatic hydroxyl groups excluding tert-OH is 1. The van der Waals surface area contributed by atoms with Crippen LogP contribution in [0.4, 0.5) is 5.69 Å². The molecule has 0 aliphatic heterocycles. The molecule has 0 spiro atoms. The van der Waals surface area contributed by atoms with Crippen LogP contribution in [0.25, 0.3) is 0 Å². The lowest BCUT2D eigenvalue weighted by atomic mass is 10.0. The molecule has 1 atom stereocenters. The van der Waals surface area contributed by atoms with Crippen LogP contribution in [-0.2, 0) is 0 Å². The Balaban J connectivity index is 3.02. The van der Waals surface area contributed by atoms with Crippen molar-refractivity contribution in [1.82, 2.24) is 0 Å². The zero-order valence-electron chi connectivity index (χ0n) is 10.4. The summed E-state index contributed by atoms with van der Waals surface area (Å²) in [6.45, 7) is 6.53. The largest absolute Gasteiger partial charge is 0.394 e. The molecule has 0 aromatic heterocycles. The van der Waals surface area contributed by atoms with Crippen LogP contribution in [0.5, 0.6) is 0 Å². The SMILES string of the molecule is Cc1ccc(Br)cc1N(C)C(CO)C(C)C. The van der Waals surface area contributed by atoms with Crippen molar-refractivity contribution in [3.05, 3.63) is 28.2 Å². The fraction of sp³-hybridized carbons (Fsp3) is 0.538. The summed E-state index contributed by atoms with van der Waals surface area (Å²) >= 11 is 3.48. The van der Waals surface area contributed by atoms with Gasteiger partial charge in [-0.3, -0.25) is 0 Å². The highest BCUT2D eigenvalue weighted by molar-refractivity contribution is 9.10. The molecule has 0 aliphatic carbocycles. The van der Waals surface area contributed by atoms with Crippen LogP contribution < -0.4 is 4.90 Å². The first-order valence-corrected chi connectivity index (χ1v) is 6.36. The predicted octanol–water partition coefficient (Wildman–Crippen LogP) is 3.21. The molecule has 1 rings (SSSR count). The minimum Gasteiger partial charge on any atom is -0.394 e. The van der Waals surface area contributed by atoms with Gasteiger partial charge in [0.25, 0.3) is 0 Å². The summed E-state index contributed by atoms with van der Waals surface area (Å²) < 4.78 is 1.07. The molecule has 16 heavy (non-hydrogen) atoms. The Morgan fingerprint density at radius 2 is 2.00 bits per heavy atom. The van der Waals surface area contributed by atoms with Crippen LogP contribution in [0, 0.1) is 12.8 Å². The topological polar surface area (TPSA) is 23.5 Å². The molecule has 1 unspecified atom stereocenters. The maximum Gasteiger partial charge on any atom is 0.0637 e. The van der Waals surface area contributed by atoms with Crippen LogP contribution >= 0.6 is 15.9 Å². The normalized spacial score (nSPS) is 12.9. The molecule has 0 bridgehead atoms. The molecule has 1 aromatic rings. The average molecular weight is 286 g/mol. The number of aryl methyl sites for hydroxylation is 1. The summed E-state index contributed by atoms with van der Waals surface area (Å²) in [5.74, 6) is 0.424. The Kier molecular flexibility index (Phi) is 4.81. The van der Waals surface area contributed by atoms with Crippen molar-refractivity contribution in [3.8, 4) is 0 Å². The number of benzene rings is 1. The summed E-state index contributed by atoms with van der Waals surface area (Å²) in [6.07, 6.45) is 0. The van der Waals surface area contributed by atoms with E-state index in [1.165, 1.54) is 11.3 Å². The van der Waals surface area contributed by atoms with Gasteiger partial charge < -0.3 is 10.0 Å². The molecule has 1 N–H and O–H groups in total. The Labute approximate surface area is 106 Å². The van der Waals surface area contributed by atoms with Crippen molar-refractivity contribution in [1.29, 1.82) is 0 Å². The van der Waals surface area contributed by atoms with Crippen molar-refractivity contribution in [3.63, 3.8) is 0 Å². The van der Waals surface area contributed by atoms with E-state index in [4.69, 9.17) is 0 Å². The van der Waals surface area contributed by atoms with E-state index in [0.29, 0.717) is 5.92 Å². The molecular weight excluding hydrogens is 266 g/mol. The number of likely N-dealkylation sites (N-methyl/N-ethyl adjacent to an activating group) is 1. The molecule has 1 aromatic carbocycles. The monoisotopic (exact) mass is 285 g/mol. The first kappa shape index (κ1) is 13.5. The van der Waals surface area contributed by atoms with E-state index in [0.717, 1.165) is 4.47 Å². The zero-order valence-corrected chi connectivity index (χ0v) is 12.0. The minimum absolute atomic E-state index is 0.160. The molecule has 90 valence electrons. The highest BCUT2D eigenvalue weighted by atomic mass is 79.9. The zero-order chi connectivity index (χ0) is 12.3. The average Bonchev–Trinajstić information content (AvgIpc) is 2.22. The van der Waals surface area contributed by atoms with Gasteiger partial charge in [0.2, 0.25) is 0 Å². The van der Waals surface area contributed by atoms with Crippen LogP contribution in [0.3, 0.4) is 0 Å². The fourth-order valence-corrected chi connectivity index (χ4v) is 2.27. The predicted molar refractivity (Wildman–Crippen MR) is 73.0 cm³/mol. The Hall–Kier alpha value is -0.540. The van der Waals surface area contributed by atoms with Crippen molar-refractivity contribution >= 4 is 21.6 Å². The molecule has 0 heterocycles. The van der Waals surface area contributed by atoms with E-state index >= 15 is 0 Å². The molecule has 0 radical (unpaired) electrons. The van der Waals surface area contributed by atoms with Gasteiger partial charge in [-0.05, 0) is 30.5 Å². The van der Waals surface area contributed by atoms with E-state index in [1.54, 1.807) is 0 Å². The van der Waals surface area contributed by atoms with Crippen LogP contribution in [0.2, 0.25) is 0 Å². The molecule has 3 heteroatoms. The Morgan fingerprint density at radius 3 is 2.50 bits per heavy atom. The Bertz CT molecular complexity index is 352. The summed E-state index contributed by atoms with van der Waals surface area (Å²) in [4.78, 5) is 2.16. The van der Waals surface area contributed by atoms with Gasteiger partial charge in [0, 0.05) is 17.2 Å². The van der Waals surface area contributed by atoms with Crippen LogP contribution in [0.15, 0.2) is 22.7 Å². The lowest BCUT2D eigenvalue weighted by molar-refractivity contribution is 0.234. The maximum absolute atomic E-state index is 9.43. The van der Waals surface area contributed by atoms with E-state index in [1.807, 2.05) is 13.1 Å². The van der Waals surface area contributed by atoms with Gasteiger partial charge in [-0.15, -0.1) is 0 Å². The first-order valence-electron chi connectivity index (χ1n) is 5.57. The van der Waals surface area contributed by atoms with E-state index in [-0.39, 0.29) is 12.6 Å². The number of anilines is 1. The second-order valence-electron chi connectivity index (χ2n) is 4.54. The third kappa shape index (κ3) is 2.98. The molecular formula is C13H20BrNO. The van der Waals surface area contributed by atoms with Crippen molar-refractivity contribution < 1.29 is 5.11 Å². The molecule has 0 aliphatic rings. The van der Waals surface area contributed by atoms with E-state index in [9.17, 15) is 5.11 Å². The van der Waals surface area contributed by atoms with E-state index < -0.39 is 0 Å².